The minimum Gasteiger partial charge on any atom is -0.489 e. The largest absolute Gasteiger partial charge is 0.489 e. The van der Waals surface area contributed by atoms with Gasteiger partial charge in [-0.25, -0.2) is 4.98 Å². The molecule has 0 aromatic carbocycles. The first kappa shape index (κ1) is 14.0. The monoisotopic (exact) mass is 295 g/mol. The Morgan fingerprint density at radius 2 is 1.90 bits per heavy atom. The molecule has 2 aliphatic rings. The fourth-order valence-electron chi connectivity index (χ4n) is 2.82. The highest BCUT2D eigenvalue weighted by Gasteiger charge is 2.21. The summed E-state index contributed by atoms with van der Waals surface area (Å²) in [7, 11) is 0. The van der Waals surface area contributed by atoms with Crippen LogP contribution in [-0.4, -0.2) is 17.7 Å². The van der Waals surface area contributed by atoms with Crippen molar-refractivity contribution in [3.63, 3.8) is 0 Å². The van der Waals surface area contributed by atoms with Crippen LogP contribution in [0.15, 0.2) is 12.3 Å². The van der Waals surface area contributed by atoms with Crippen molar-refractivity contribution in [2.24, 2.45) is 5.92 Å². The molecule has 0 unspecified atom stereocenters. The zero-order valence-electron chi connectivity index (χ0n) is 11.8. The van der Waals surface area contributed by atoms with E-state index in [9.17, 15) is 0 Å². The van der Waals surface area contributed by atoms with Crippen LogP contribution in [0.2, 0.25) is 5.02 Å². The number of nitrogens with zero attached hydrogens (tertiary/aromatic N) is 1. The second-order valence-corrected chi connectivity index (χ2v) is 6.29. The van der Waals surface area contributed by atoms with Gasteiger partial charge in [0.15, 0.2) is 0 Å². The Morgan fingerprint density at radius 1 is 1.10 bits per heavy atom. The molecule has 0 aliphatic heterocycles. The molecule has 110 valence electrons. The third-order valence-electron chi connectivity index (χ3n) is 4.35. The van der Waals surface area contributed by atoms with E-state index in [4.69, 9.17) is 21.1 Å². The summed E-state index contributed by atoms with van der Waals surface area (Å²) < 4.78 is 11.8. The smallest absolute Gasteiger partial charge is 0.236 e. The summed E-state index contributed by atoms with van der Waals surface area (Å²) in [6.07, 6.45) is 11.9. The van der Waals surface area contributed by atoms with Gasteiger partial charge in [0, 0.05) is 12.3 Å². The van der Waals surface area contributed by atoms with Crippen LogP contribution in [0.1, 0.15) is 51.4 Å². The Hall–Kier alpha value is -0.960. The molecule has 1 aromatic rings. The van der Waals surface area contributed by atoms with Crippen LogP contribution in [-0.2, 0) is 0 Å². The average molecular weight is 296 g/mol. The van der Waals surface area contributed by atoms with Crippen LogP contribution < -0.4 is 9.47 Å². The maximum atomic E-state index is 6.36. The van der Waals surface area contributed by atoms with E-state index in [-0.39, 0.29) is 0 Å². The molecule has 4 heteroatoms. The van der Waals surface area contributed by atoms with Crippen LogP contribution >= 0.6 is 11.6 Å². The van der Waals surface area contributed by atoms with Gasteiger partial charge < -0.3 is 9.47 Å². The molecule has 0 amide bonds. The number of aromatic nitrogens is 1. The van der Waals surface area contributed by atoms with Crippen molar-refractivity contribution in [2.45, 2.75) is 57.5 Å². The van der Waals surface area contributed by atoms with E-state index < -0.39 is 0 Å². The highest BCUT2D eigenvalue weighted by atomic mass is 35.5. The lowest BCUT2D eigenvalue weighted by Crippen LogP contribution is -2.21. The second kappa shape index (κ2) is 6.66. The molecule has 1 aromatic heterocycles. The van der Waals surface area contributed by atoms with Gasteiger partial charge in [0.25, 0.3) is 0 Å². The van der Waals surface area contributed by atoms with Gasteiger partial charge in [0.2, 0.25) is 5.88 Å². The molecule has 2 aliphatic carbocycles. The minimum atomic E-state index is 0.295. The molecule has 20 heavy (non-hydrogen) atoms. The highest BCUT2D eigenvalue weighted by molar-refractivity contribution is 6.33. The van der Waals surface area contributed by atoms with Gasteiger partial charge in [-0.15, -0.1) is 0 Å². The van der Waals surface area contributed by atoms with E-state index in [1.165, 1.54) is 38.5 Å². The molecule has 0 N–H and O–H groups in total. The maximum Gasteiger partial charge on any atom is 0.236 e. The standard InChI is InChI=1S/C16H22ClNO2/c17-15-14(20-13-7-2-1-3-8-13)9-10-18-16(15)19-11-12-5-4-6-12/h9-10,12-13H,1-8,11H2. The van der Waals surface area contributed by atoms with Crippen molar-refractivity contribution in [1.82, 2.24) is 4.98 Å². The van der Waals surface area contributed by atoms with E-state index in [0.29, 0.717) is 22.9 Å². The lowest BCUT2D eigenvalue weighted by Gasteiger charge is -2.26. The third-order valence-corrected chi connectivity index (χ3v) is 4.70. The average Bonchev–Trinajstić information content (AvgIpc) is 2.42. The maximum absolute atomic E-state index is 6.36. The van der Waals surface area contributed by atoms with Crippen LogP contribution in [0.3, 0.4) is 0 Å². The Kier molecular flexibility index (Phi) is 4.66. The van der Waals surface area contributed by atoms with Crippen molar-refractivity contribution in [2.75, 3.05) is 6.61 Å². The minimum absolute atomic E-state index is 0.295. The molecular weight excluding hydrogens is 274 g/mol. The summed E-state index contributed by atoms with van der Waals surface area (Å²) >= 11 is 6.36. The molecule has 3 nitrogen and oxygen atoms in total. The Bertz CT molecular complexity index is 442. The number of rotatable bonds is 5. The second-order valence-electron chi connectivity index (χ2n) is 5.91. The number of hydrogen-bond donors (Lipinski definition) is 0. The SMILES string of the molecule is Clc1c(OC2CCCCC2)ccnc1OCC1CCC1. The predicted octanol–water partition coefficient (Wildman–Crippen LogP) is 4.63. The predicted molar refractivity (Wildman–Crippen MR) is 79.6 cm³/mol. The van der Waals surface area contributed by atoms with Crippen molar-refractivity contribution in [1.29, 1.82) is 0 Å². The fourth-order valence-corrected chi connectivity index (χ4v) is 3.03. The fraction of sp³-hybridized carbons (Fsp3) is 0.688. The van der Waals surface area contributed by atoms with Gasteiger partial charge in [-0.2, -0.15) is 0 Å². The summed E-state index contributed by atoms with van der Waals surface area (Å²) in [6.45, 7) is 0.722. The number of ether oxygens (including phenoxy) is 2. The molecule has 3 rings (SSSR count). The van der Waals surface area contributed by atoms with Crippen molar-refractivity contribution in [3.05, 3.63) is 17.3 Å². The van der Waals surface area contributed by atoms with Gasteiger partial charge in [0.1, 0.15) is 10.8 Å². The zero-order valence-corrected chi connectivity index (χ0v) is 12.6. The lowest BCUT2D eigenvalue weighted by molar-refractivity contribution is 0.151. The Morgan fingerprint density at radius 3 is 2.60 bits per heavy atom. The van der Waals surface area contributed by atoms with Crippen molar-refractivity contribution in [3.8, 4) is 11.6 Å². The van der Waals surface area contributed by atoms with Crippen LogP contribution in [0.4, 0.5) is 0 Å². The van der Waals surface area contributed by atoms with Crippen LogP contribution in [0.25, 0.3) is 0 Å². The normalized spacial score (nSPS) is 20.4. The van der Waals surface area contributed by atoms with Crippen LogP contribution in [0, 0.1) is 5.92 Å². The van der Waals surface area contributed by atoms with E-state index >= 15 is 0 Å². The van der Waals surface area contributed by atoms with Gasteiger partial charge in [-0.3, -0.25) is 0 Å². The molecule has 0 bridgehead atoms. The number of pyridine rings is 1. The van der Waals surface area contributed by atoms with Crippen LogP contribution in [0.5, 0.6) is 11.6 Å². The molecule has 0 spiro atoms. The quantitative estimate of drug-likeness (QED) is 0.794. The number of hydrogen-bond acceptors (Lipinski definition) is 3. The van der Waals surface area contributed by atoms with Crippen molar-refractivity contribution >= 4 is 11.6 Å². The summed E-state index contributed by atoms with van der Waals surface area (Å²) in [5, 5.41) is 0.525. The van der Waals surface area contributed by atoms with Gasteiger partial charge in [-0.1, -0.05) is 24.4 Å². The summed E-state index contributed by atoms with van der Waals surface area (Å²) in [5.74, 6) is 1.92. The topological polar surface area (TPSA) is 31.4 Å². The Labute approximate surface area is 125 Å². The van der Waals surface area contributed by atoms with E-state index in [1.807, 2.05) is 6.07 Å². The van der Waals surface area contributed by atoms with E-state index in [1.54, 1.807) is 6.20 Å². The molecule has 0 radical (unpaired) electrons. The molecule has 2 saturated carbocycles. The van der Waals surface area contributed by atoms with E-state index in [2.05, 4.69) is 4.98 Å². The van der Waals surface area contributed by atoms with Crippen molar-refractivity contribution < 1.29 is 9.47 Å². The third kappa shape index (κ3) is 3.38. The highest BCUT2D eigenvalue weighted by Crippen LogP contribution is 2.35. The summed E-state index contributed by atoms with van der Waals surface area (Å²) in [4.78, 5) is 4.23. The molecule has 2 fully saturated rings. The zero-order chi connectivity index (χ0) is 13.8. The van der Waals surface area contributed by atoms with Gasteiger partial charge in [0.05, 0.1) is 12.7 Å². The first-order valence-electron chi connectivity index (χ1n) is 7.77. The van der Waals surface area contributed by atoms with Gasteiger partial charge in [-0.05, 0) is 44.4 Å². The Balaban J connectivity index is 1.61. The molecule has 0 saturated heterocycles. The molecular formula is C16H22ClNO2. The van der Waals surface area contributed by atoms with Gasteiger partial charge >= 0.3 is 0 Å². The summed E-state index contributed by atoms with van der Waals surface area (Å²) in [6, 6.07) is 1.84. The summed E-state index contributed by atoms with van der Waals surface area (Å²) in [5.41, 5.74) is 0. The molecule has 0 atom stereocenters. The first-order valence-corrected chi connectivity index (χ1v) is 8.14. The van der Waals surface area contributed by atoms with E-state index in [0.717, 1.165) is 25.2 Å². The first-order chi connectivity index (χ1) is 9.83. The lowest BCUT2D eigenvalue weighted by atomic mass is 9.86. The number of halogens is 1. The molecule has 1 heterocycles.